The van der Waals surface area contributed by atoms with Gasteiger partial charge in [-0.05, 0) is 30.5 Å². The van der Waals surface area contributed by atoms with E-state index in [1.54, 1.807) is 6.92 Å². The minimum Gasteiger partial charge on any atom is -0.339 e. The third-order valence-electron chi connectivity index (χ3n) is 4.11. The lowest BCUT2D eigenvalue weighted by Gasteiger charge is -2.17. The van der Waals surface area contributed by atoms with Crippen molar-refractivity contribution in [2.24, 2.45) is 0 Å². The number of nitrogens with zero attached hydrogens (tertiary/aromatic N) is 2. The highest BCUT2D eigenvalue weighted by Gasteiger charge is 2.19. The van der Waals surface area contributed by atoms with E-state index in [9.17, 15) is 4.79 Å². The van der Waals surface area contributed by atoms with Gasteiger partial charge in [0.2, 0.25) is 11.8 Å². The molecule has 0 bridgehead atoms. The van der Waals surface area contributed by atoms with Gasteiger partial charge in [-0.2, -0.15) is 4.98 Å². The molecule has 0 aliphatic rings. The van der Waals surface area contributed by atoms with Gasteiger partial charge in [-0.15, -0.1) is 0 Å². The Morgan fingerprint density at radius 2 is 1.84 bits per heavy atom. The number of aryl methyl sites for hydroxylation is 1. The molecule has 0 aliphatic carbocycles. The van der Waals surface area contributed by atoms with Crippen LogP contribution in [0.25, 0.3) is 0 Å². The summed E-state index contributed by atoms with van der Waals surface area (Å²) in [5, 5.41) is 6.87. The zero-order valence-electron chi connectivity index (χ0n) is 14.4. The molecule has 0 saturated carbocycles. The fourth-order valence-corrected chi connectivity index (χ4v) is 2.85. The number of para-hydroxylation sites is 1. The molecule has 0 saturated heterocycles. The number of amides is 1. The molecule has 0 unspecified atom stereocenters. The second kappa shape index (κ2) is 7.75. The van der Waals surface area contributed by atoms with Crippen LogP contribution in [0.5, 0.6) is 0 Å². The Bertz CT molecular complexity index is 843. The Morgan fingerprint density at radius 3 is 2.52 bits per heavy atom. The first-order chi connectivity index (χ1) is 12.2. The van der Waals surface area contributed by atoms with Gasteiger partial charge in [0, 0.05) is 5.69 Å². The van der Waals surface area contributed by atoms with Crippen molar-refractivity contribution in [3.8, 4) is 0 Å². The summed E-state index contributed by atoms with van der Waals surface area (Å²) in [5.74, 6) is 0.948. The number of aromatic nitrogens is 2. The lowest BCUT2D eigenvalue weighted by atomic mass is 9.95. The smallest absolute Gasteiger partial charge is 0.231 e. The molecule has 5 heteroatoms. The van der Waals surface area contributed by atoms with Gasteiger partial charge in [-0.1, -0.05) is 60.6 Å². The summed E-state index contributed by atoms with van der Waals surface area (Å²) < 4.78 is 5.19. The van der Waals surface area contributed by atoms with Gasteiger partial charge in [-0.3, -0.25) is 4.79 Å². The minimum atomic E-state index is -0.181. The molecule has 2 aromatic carbocycles. The van der Waals surface area contributed by atoms with Crippen LogP contribution in [0.3, 0.4) is 0 Å². The first kappa shape index (κ1) is 16.9. The Balaban J connectivity index is 1.79. The summed E-state index contributed by atoms with van der Waals surface area (Å²) in [7, 11) is 0. The van der Waals surface area contributed by atoms with Crippen molar-refractivity contribution in [2.45, 2.75) is 32.6 Å². The number of rotatable bonds is 6. The van der Waals surface area contributed by atoms with Crippen molar-refractivity contribution >= 4 is 11.6 Å². The zero-order valence-corrected chi connectivity index (χ0v) is 14.4. The molecular weight excluding hydrogens is 314 g/mol. The molecule has 1 amide bonds. The van der Waals surface area contributed by atoms with Gasteiger partial charge in [0.05, 0.1) is 12.3 Å². The maximum atomic E-state index is 12.8. The fraction of sp³-hybridized carbons (Fsp3) is 0.250. The van der Waals surface area contributed by atoms with Gasteiger partial charge in [0.15, 0.2) is 5.82 Å². The average Bonchev–Trinajstić information content (AvgIpc) is 3.03. The van der Waals surface area contributed by atoms with Crippen molar-refractivity contribution in [1.82, 2.24) is 10.1 Å². The van der Waals surface area contributed by atoms with Crippen molar-refractivity contribution in [2.75, 3.05) is 5.32 Å². The third kappa shape index (κ3) is 4.12. The fourth-order valence-electron chi connectivity index (χ4n) is 2.85. The Kier molecular flexibility index (Phi) is 5.23. The van der Waals surface area contributed by atoms with E-state index in [2.05, 4.69) is 15.5 Å². The minimum absolute atomic E-state index is 0.0112. The van der Waals surface area contributed by atoms with Crippen molar-refractivity contribution in [1.29, 1.82) is 0 Å². The number of carbonyl (C=O) groups excluding carboxylic acids is 1. The van der Waals surface area contributed by atoms with Crippen LogP contribution in [0.4, 0.5) is 5.69 Å². The predicted molar refractivity (Wildman–Crippen MR) is 96.4 cm³/mol. The highest BCUT2D eigenvalue weighted by Crippen LogP contribution is 2.24. The summed E-state index contributed by atoms with van der Waals surface area (Å²) in [6.45, 7) is 3.80. The monoisotopic (exact) mass is 335 g/mol. The van der Waals surface area contributed by atoms with Crippen LogP contribution in [0.1, 0.15) is 42.1 Å². The standard InChI is InChI=1S/C20H21N3O2/c1-3-17(15-9-5-4-6-10-15)20(24)22-18-12-8-7-11-16(18)13-19-21-14(2)23-25-19/h4-12,17H,3,13H2,1-2H3,(H,22,24)/t17-/m1/s1. The number of nitrogens with one attached hydrogen (secondary N) is 1. The van der Waals surface area contributed by atoms with E-state index in [1.165, 1.54) is 0 Å². The van der Waals surface area contributed by atoms with Gasteiger partial charge in [0.25, 0.3) is 0 Å². The predicted octanol–water partition coefficient (Wildman–Crippen LogP) is 4.10. The lowest BCUT2D eigenvalue weighted by molar-refractivity contribution is -0.117. The SMILES string of the molecule is CC[C@@H](C(=O)Nc1ccccc1Cc1nc(C)no1)c1ccccc1. The number of anilines is 1. The maximum absolute atomic E-state index is 12.8. The highest BCUT2D eigenvalue weighted by molar-refractivity contribution is 5.96. The molecule has 128 valence electrons. The molecule has 0 fully saturated rings. The van der Waals surface area contributed by atoms with Crippen LogP contribution >= 0.6 is 0 Å². The number of benzene rings is 2. The first-order valence-corrected chi connectivity index (χ1v) is 8.40. The number of hydrogen-bond acceptors (Lipinski definition) is 4. The van der Waals surface area contributed by atoms with E-state index in [0.29, 0.717) is 18.1 Å². The molecule has 3 aromatic rings. The van der Waals surface area contributed by atoms with Crippen LogP contribution in [0, 0.1) is 6.92 Å². The van der Waals surface area contributed by atoms with Crippen molar-refractivity contribution in [3.63, 3.8) is 0 Å². The van der Waals surface area contributed by atoms with E-state index in [4.69, 9.17) is 4.52 Å². The quantitative estimate of drug-likeness (QED) is 0.736. The summed E-state index contributed by atoms with van der Waals surface area (Å²) >= 11 is 0. The van der Waals surface area contributed by atoms with Crippen LogP contribution in [0.15, 0.2) is 59.1 Å². The highest BCUT2D eigenvalue weighted by atomic mass is 16.5. The van der Waals surface area contributed by atoms with Crippen molar-refractivity contribution < 1.29 is 9.32 Å². The Morgan fingerprint density at radius 1 is 1.12 bits per heavy atom. The number of hydrogen-bond donors (Lipinski definition) is 1. The molecular formula is C20H21N3O2. The molecule has 0 aliphatic heterocycles. The number of carbonyl (C=O) groups is 1. The topological polar surface area (TPSA) is 68.0 Å². The Hall–Kier alpha value is -2.95. The van der Waals surface area contributed by atoms with Gasteiger partial charge in [-0.25, -0.2) is 0 Å². The second-order valence-corrected chi connectivity index (χ2v) is 5.93. The van der Waals surface area contributed by atoms with Crippen molar-refractivity contribution in [3.05, 3.63) is 77.4 Å². The second-order valence-electron chi connectivity index (χ2n) is 5.93. The largest absolute Gasteiger partial charge is 0.339 e. The van der Waals surface area contributed by atoms with Crippen LogP contribution in [-0.2, 0) is 11.2 Å². The van der Waals surface area contributed by atoms with Crippen LogP contribution in [-0.4, -0.2) is 16.0 Å². The molecule has 3 rings (SSSR count). The summed E-state index contributed by atoms with van der Waals surface area (Å²) in [4.78, 5) is 17.0. The summed E-state index contributed by atoms with van der Waals surface area (Å²) in [6.07, 6.45) is 1.22. The van der Waals surface area contributed by atoms with Crippen LogP contribution in [0.2, 0.25) is 0 Å². The Labute approximate surface area is 147 Å². The maximum Gasteiger partial charge on any atom is 0.231 e. The van der Waals surface area contributed by atoms with Gasteiger partial charge < -0.3 is 9.84 Å². The molecule has 1 N–H and O–H groups in total. The van der Waals surface area contributed by atoms with E-state index >= 15 is 0 Å². The molecule has 0 spiro atoms. The summed E-state index contributed by atoms with van der Waals surface area (Å²) in [5.41, 5.74) is 2.74. The van der Waals surface area contributed by atoms with Gasteiger partial charge in [0.1, 0.15) is 0 Å². The third-order valence-corrected chi connectivity index (χ3v) is 4.11. The summed E-state index contributed by atoms with van der Waals surface area (Å²) in [6, 6.07) is 17.5. The molecule has 1 heterocycles. The molecule has 0 radical (unpaired) electrons. The molecule has 5 nitrogen and oxygen atoms in total. The average molecular weight is 335 g/mol. The zero-order chi connectivity index (χ0) is 17.6. The van der Waals surface area contributed by atoms with Gasteiger partial charge >= 0.3 is 0 Å². The molecule has 25 heavy (non-hydrogen) atoms. The normalized spacial score (nSPS) is 11.9. The van der Waals surface area contributed by atoms with Crippen LogP contribution < -0.4 is 5.32 Å². The van der Waals surface area contributed by atoms with E-state index in [1.807, 2.05) is 61.5 Å². The first-order valence-electron chi connectivity index (χ1n) is 8.40. The lowest BCUT2D eigenvalue weighted by Crippen LogP contribution is -2.21. The molecule has 1 aromatic heterocycles. The van der Waals surface area contributed by atoms with E-state index < -0.39 is 0 Å². The van der Waals surface area contributed by atoms with E-state index in [0.717, 1.165) is 23.2 Å². The van der Waals surface area contributed by atoms with E-state index in [-0.39, 0.29) is 11.8 Å². The molecule has 1 atom stereocenters.